The van der Waals surface area contributed by atoms with E-state index in [1.165, 1.54) is 12.1 Å². The van der Waals surface area contributed by atoms with Gasteiger partial charge in [0.15, 0.2) is 0 Å². The Morgan fingerprint density at radius 2 is 1.93 bits per heavy atom. The summed E-state index contributed by atoms with van der Waals surface area (Å²) in [6.07, 6.45) is 4.70. The summed E-state index contributed by atoms with van der Waals surface area (Å²) >= 11 is 0. The second-order valence-electron chi connectivity index (χ2n) is 7.60. The second-order valence-corrected chi connectivity index (χ2v) is 9.56. The molecule has 29 heavy (non-hydrogen) atoms. The van der Waals surface area contributed by atoms with E-state index in [0.29, 0.717) is 35.4 Å². The fourth-order valence-corrected chi connectivity index (χ4v) is 4.69. The largest absolute Gasteiger partial charge is 0.346 e. The van der Waals surface area contributed by atoms with Crippen LogP contribution in [-0.2, 0) is 14.8 Å². The maximum Gasteiger partial charge on any atom is 0.235 e. The number of aromatic amines is 1. The molecule has 2 aliphatic rings. The second kappa shape index (κ2) is 6.55. The minimum atomic E-state index is -3.54. The normalized spacial score (nSPS) is 16.7. The van der Waals surface area contributed by atoms with E-state index in [-0.39, 0.29) is 17.5 Å². The average molecular weight is 414 g/mol. The van der Waals surface area contributed by atoms with Crippen molar-refractivity contribution in [2.45, 2.75) is 30.9 Å². The molecule has 3 N–H and O–H groups in total. The smallest absolute Gasteiger partial charge is 0.235 e. The van der Waals surface area contributed by atoms with Gasteiger partial charge in [-0.25, -0.2) is 17.8 Å². The highest BCUT2D eigenvalue weighted by atomic mass is 32.2. The van der Waals surface area contributed by atoms with E-state index >= 15 is 0 Å². The van der Waals surface area contributed by atoms with Gasteiger partial charge >= 0.3 is 0 Å². The van der Waals surface area contributed by atoms with E-state index < -0.39 is 21.1 Å². The number of H-pyrrole nitrogens is 1. The van der Waals surface area contributed by atoms with Crippen molar-refractivity contribution in [2.24, 2.45) is 5.92 Å². The predicted molar refractivity (Wildman–Crippen MR) is 108 cm³/mol. The molecule has 0 radical (unpaired) electrons. The molecule has 0 bridgehead atoms. The molecule has 0 saturated heterocycles. The van der Waals surface area contributed by atoms with Crippen molar-refractivity contribution < 1.29 is 17.6 Å². The van der Waals surface area contributed by atoms with Crippen molar-refractivity contribution in [1.29, 1.82) is 0 Å². The summed E-state index contributed by atoms with van der Waals surface area (Å²) in [7, 11) is -3.54. The predicted octanol–water partition coefficient (Wildman–Crippen LogP) is 3.62. The summed E-state index contributed by atoms with van der Waals surface area (Å²) in [5.74, 6) is -0.289. The molecule has 2 heterocycles. The molecule has 9 heteroatoms. The van der Waals surface area contributed by atoms with Gasteiger partial charge in [0.05, 0.1) is 10.9 Å². The Bertz CT molecular complexity index is 1230. The molecule has 0 unspecified atom stereocenters. The van der Waals surface area contributed by atoms with Gasteiger partial charge in [-0.2, -0.15) is 0 Å². The lowest BCUT2D eigenvalue weighted by molar-refractivity contribution is -0.117. The van der Waals surface area contributed by atoms with Crippen molar-refractivity contribution in [2.75, 3.05) is 10.0 Å². The topological polar surface area (TPSA) is 104 Å². The Balaban J connectivity index is 1.50. The van der Waals surface area contributed by atoms with Gasteiger partial charge in [0.25, 0.3) is 0 Å². The van der Waals surface area contributed by atoms with Gasteiger partial charge in [-0.3, -0.25) is 9.52 Å². The molecule has 150 valence electrons. The molecule has 3 aromatic rings. The van der Waals surface area contributed by atoms with Crippen LogP contribution in [0.2, 0.25) is 0 Å². The van der Waals surface area contributed by atoms with Crippen LogP contribution < -0.4 is 10.0 Å². The van der Waals surface area contributed by atoms with Crippen LogP contribution in [0.1, 0.15) is 25.7 Å². The summed E-state index contributed by atoms with van der Waals surface area (Å²) in [5, 5.41) is 3.16. The quantitative estimate of drug-likeness (QED) is 0.573. The van der Waals surface area contributed by atoms with Gasteiger partial charge in [-0.1, -0.05) is 6.07 Å². The highest BCUT2D eigenvalue weighted by Crippen LogP contribution is 2.35. The fourth-order valence-electron chi connectivity index (χ4n) is 3.29. The van der Waals surface area contributed by atoms with E-state index in [9.17, 15) is 17.6 Å². The molecular formula is C20H19FN4O3S. The molecule has 2 aromatic heterocycles. The van der Waals surface area contributed by atoms with Crippen LogP contribution >= 0.6 is 0 Å². The highest BCUT2D eigenvalue weighted by Gasteiger charge is 2.36. The summed E-state index contributed by atoms with van der Waals surface area (Å²) in [5.41, 5.74) is 1.76. The molecular weight excluding hydrogens is 395 g/mol. The summed E-state index contributed by atoms with van der Waals surface area (Å²) < 4.78 is 41.2. The van der Waals surface area contributed by atoms with Crippen LogP contribution in [0.4, 0.5) is 15.9 Å². The zero-order valence-electron chi connectivity index (χ0n) is 15.4. The lowest BCUT2D eigenvalue weighted by Crippen LogP contribution is -2.18. The van der Waals surface area contributed by atoms with Crippen molar-refractivity contribution in [1.82, 2.24) is 9.97 Å². The molecule has 2 fully saturated rings. The molecule has 0 aliphatic heterocycles. The first kappa shape index (κ1) is 18.1. The number of carbonyl (C=O) groups is 1. The Labute approximate surface area is 166 Å². The number of anilines is 2. The first-order valence-corrected chi connectivity index (χ1v) is 11.1. The third-order valence-corrected chi connectivity index (χ3v) is 7.08. The first-order chi connectivity index (χ1) is 13.9. The monoisotopic (exact) mass is 414 g/mol. The van der Waals surface area contributed by atoms with Crippen molar-refractivity contribution >= 4 is 38.5 Å². The molecule has 1 amide bonds. The van der Waals surface area contributed by atoms with E-state index in [1.54, 1.807) is 18.3 Å². The van der Waals surface area contributed by atoms with Crippen molar-refractivity contribution in [3.8, 4) is 11.1 Å². The van der Waals surface area contributed by atoms with E-state index in [0.717, 1.165) is 18.2 Å². The Hall–Kier alpha value is -2.94. The number of benzene rings is 1. The lowest BCUT2D eigenvalue weighted by Gasteiger charge is -2.11. The zero-order valence-corrected chi connectivity index (χ0v) is 16.2. The maximum absolute atomic E-state index is 14.7. The first-order valence-electron chi connectivity index (χ1n) is 9.51. The van der Waals surface area contributed by atoms with E-state index in [1.807, 2.05) is 6.07 Å². The van der Waals surface area contributed by atoms with Crippen molar-refractivity contribution in [3.05, 3.63) is 42.3 Å². The number of carbonyl (C=O) groups excluding carboxylic acids is 1. The standard InChI is InChI=1S/C20H19FN4O3S/c21-16-9-12(3-6-17(16)25-29(27,28)13-4-5-13)15-10-18(24-20(26)11-1-2-11)23-19-14(15)7-8-22-19/h3,6-11,13,25H,1-2,4-5H2,(H2,22,23,24,26). The Morgan fingerprint density at radius 3 is 2.62 bits per heavy atom. The van der Waals surface area contributed by atoms with Crippen LogP contribution in [0, 0.1) is 11.7 Å². The number of halogens is 1. The van der Waals surface area contributed by atoms with Gasteiger partial charge < -0.3 is 10.3 Å². The third kappa shape index (κ3) is 3.57. The van der Waals surface area contributed by atoms with Gasteiger partial charge in [0.2, 0.25) is 15.9 Å². The minimum absolute atomic E-state index is 0.0378. The SMILES string of the molecule is O=C(Nc1cc(-c2ccc(NS(=O)(=O)C3CC3)c(F)c2)c2cc[nH]c2n1)C1CC1. The van der Waals surface area contributed by atoms with Gasteiger partial charge in [-0.05, 0) is 61.1 Å². The molecule has 2 aliphatic carbocycles. The number of amides is 1. The summed E-state index contributed by atoms with van der Waals surface area (Å²) in [6, 6.07) is 7.90. The number of pyridine rings is 1. The molecule has 7 nitrogen and oxygen atoms in total. The fraction of sp³-hybridized carbons (Fsp3) is 0.300. The van der Waals surface area contributed by atoms with Gasteiger partial charge in [0.1, 0.15) is 17.3 Å². The van der Waals surface area contributed by atoms with E-state index in [2.05, 4.69) is 20.0 Å². The van der Waals surface area contributed by atoms with Crippen LogP contribution in [-0.4, -0.2) is 29.5 Å². The molecule has 1 aromatic carbocycles. The number of nitrogens with zero attached hydrogens (tertiary/aromatic N) is 1. The number of rotatable bonds is 6. The molecule has 0 spiro atoms. The minimum Gasteiger partial charge on any atom is -0.346 e. The van der Waals surface area contributed by atoms with Crippen molar-refractivity contribution in [3.63, 3.8) is 0 Å². The van der Waals surface area contributed by atoms with E-state index in [4.69, 9.17) is 0 Å². The molecule has 0 atom stereocenters. The molecule has 2 saturated carbocycles. The Morgan fingerprint density at radius 1 is 1.14 bits per heavy atom. The number of nitrogens with one attached hydrogen (secondary N) is 3. The number of fused-ring (bicyclic) bond motifs is 1. The van der Waals surface area contributed by atoms with Crippen LogP contribution in [0.15, 0.2) is 36.5 Å². The van der Waals surface area contributed by atoms with Gasteiger partial charge in [0, 0.05) is 17.5 Å². The van der Waals surface area contributed by atoms with Crippen LogP contribution in [0.25, 0.3) is 22.2 Å². The Kier molecular flexibility index (Phi) is 4.09. The lowest BCUT2D eigenvalue weighted by atomic mass is 10.0. The highest BCUT2D eigenvalue weighted by molar-refractivity contribution is 7.93. The van der Waals surface area contributed by atoms with Crippen LogP contribution in [0.3, 0.4) is 0 Å². The summed E-state index contributed by atoms with van der Waals surface area (Å²) in [4.78, 5) is 19.5. The number of aromatic nitrogens is 2. The number of sulfonamides is 1. The number of hydrogen-bond acceptors (Lipinski definition) is 4. The average Bonchev–Trinajstić information content (AvgIpc) is 3.58. The third-order valence-electron chi connectivity index (χ3n) is 5.22. The zero-order chi connectivity index (χ0) is 20.2. The van der Waals surface area contributed by atoms with Gasteiger partial charge in [-0.15, -0.1) is 0 Å². The summed E-state index contributed by atoms with van der Waals surface area (Å²) in [6.45, 7) is 0. The number of hydrogen-bond donors (Lipinski definition) is 3. The van der Waals surface area contributed by atoms with Crippen LogP contribution in [0.5, 0.6) is 0 Å². The molecule has 5 rings (SSSR count). The maximum atomic E-state index is 14.7.